The van der Waals surface area contributed by atoms with E-state index in [1.807, 2.05) is 11.9 Å². The van der Waals surface area contributed by atoms with Crippen LogP contribution in [0.2, 0.25) is 0 Å². The van der Waals surface area contributed by atoms with Gasteiger partial charge < -0.3 is 10.0 Å². The summed E-state index contributed by atoms with van der Waals surface area (Å²) in [5.41, 5.74) is 1.71. The fraction of sp³-hybridized carbons (Fsp3) is 0.500. The molecule has 1 aliphatic rings. The van der Waals surface area contributed by atoms with E-state index in [0.717, 1.165) is 5.70 Å². The summed E-state index contributed by atoms with van der Waals surface area (Å²) in [6.45, 7) is 4.07. The number of carboxylic acids is 1. The summed E-state index contributed by atoms with van der Waals surface area (Å²) in [6.07, 6.45) is 0. The lowest BCUT2D eigenvalue weighted by Gasteiger charge is -2.24. The zero-order valence-corrected chi connectivity index (χ0v) is 7.46. The monoisotopic (exact) mass is 168 g/mol. The van der Waals surface area contributed by atoms with Gasteiger partial charge in [0.1, 0.15) is 6.67 Å². The van der Waals surface area contributed by atoms with Crippen LogP contribution in [0.3, 0.4) is 0 Å². The quantitative estimate of drug-likeness (QED) is 0.627. The van der Waals surface area contributed by atoms with Gasteiger partial charge in [-0.05, 0) is 13.8 Å². The molecule has 0 spiro atoms. The molecular formula is C8H12N2O2. The summed E-state index contributed by atoms with van der Waals surface area (Å²) in [5, 5.41) is 8.83. The topological polar surface area (TPSA) is 52.9 Å². The van der Waals surface area contributed by atoms with E-state index < -0.39 is 5.97 Å². The number of nitrogens with zero attached hydrogens (tertiary/aromatic N) is 2. The Morgan fingerprint density at radius 3 is 2.58 bits per heavy atom. The predicted molar refractivity (Wildman–Crippen MR) is 46.1 cm³/mol. The zero-order valence-electron chi connectivity index (χ0n) is 7.46. The molecule has 1 heterocycles. The highest BCUT2D eigenvalue weighted by molar-refractivity contribution is 6.19. The Labute approximate surface area is 71.2 Å². The first-order valence-corrected chi connectivity index (χ1v) is 3.70. The first kappa shape index (κ1) is 8.77. The van der Waals surface area contributed by atoms with E-state index in [1.54, 1.807) is 13.8 Å². The van der Waals surface area contributed by atoms with Crippen molar-refractivity contribution >= 4 is 11.7 Å². The second-order valence-corrected chi connectivity index (χ2v) is 2.85. The number of aliphatic imine (C=N–C) groups is 1. The summed E-state index contributed by atoms with van der Waals surface area (Å²) in [6, 6.07) is 0. The first-order valence-electron chi connectivity index (χ1n) is 3.70. The normalized spacial score (nSPS) is 17.9. The fourth-order valence-electron chi connectivity index (χ4n) is 1.16. The summed E-state index contributed by atoms with van der Waals surface area (Å²) in [5.74, 6) is -0.903. The highest BCUT2D eigenvalue weighted by atomic mass is 16.4. The Hall–Kier alpha value is -1.32. The average molecular weight is 168 g/mol. The number of rotatable bonds is 1. The van der Waals surface area contributed by atoms with Crippen molar-refractivity contribution in [3.05, 3.63) is 11.3 Å². The Morgan fingerprint density at radius 1 is 1.58 bits per heavy atom. The summed E-state index contributed by atoms with van der Waals surface area (Å²) in [7, 11) is 1.83. The van der Waals surface area contributed by atoms with Crippen LogP contribution in [-0.4, -0.2) is 35.4 Å². The molecule has 4 nitrogen and oxygen atoms in total. The maximum absolute atomic E-state index is 10.8. The van der Waals surface area contributed by atoms with E-state index in [1.165, 1.54) is 0 Å². The molecule has 1 aliphatic heterocycles. The van der Waals surface area contributed by atoms with E-state index in [9.17, 15) is 4.79 Å². The van der Waals surface area contributed by atoms with Gasteiger partial charge in [-0.15, -0.1) is 0 Å². The van der Waals surface area contributed by atoms with Gasteiger partial charge in [0.25, 0.3) is 0 Å². The fourth-order valence-corrected chi connectivity index (χ4v) is 1.16. The average Bonchev–Trinajstić information content (AvgIpc) is 1.97. The van der Waals surface area contributed by atoms with Crippen LogP contribution in [0.5, 0.6) is 0 Å². The Kier molecular flexibility index (Phi) is 2.17. The molecule has 0 fully saturated rings. The molecule has 0 amide bonds. The Balaban J connectivity index is 3.12. The minimum absolute atomic E-state index is 0.323. The van der Waals surface area contributed by atoms with Crippen molar-refractivity contribution in [2.75, 3.05) is 13.7 Å². The molecule has 0 aromatic heterocycles. The molecule has 0 saturated carbocycles. The molecule has 0 saturated heterocycles. The smallest absolute Gasteiger partial charge is 0.339 e. The molecule has 1 N–H and O–H groups in total. The predicted octanol–water partition coefficient (Wildman–Crippen LogP) is 0.709. The molecule has 0 atom stereocenters. The van der Waals surface area contributed by atoms with Crippen LogP contribution in [0.4, 0.5) is 0 Å². The third-order valence-electron chi connectivity index (χ3n) is 2.03. The zero-order chi connectivity index (χ0) is 9.30. The molecule has 0 radical (unpaired) electrons. The lowest BCUT2D eigenvalue weighted by molar-refractivity contribution is -0.132. The number of carboxylic acid groups (broad SMARTS) is 1. The van der Waals surface area contributed by atoms with Crippen molar-refractivity contribution in [2.24, 2.45) is 4.99 Å². The molecule has 1 rings (SSSR count). The SMILES string of the molecule is CC1=NCN(C)C(C)=C1C(=O)O. The van der Waals surface area contributed by atoms with Crippen LogP contribution in [-0.2, 0) is 4.79 Å². The van der Waals surface area contributed by atoms with Crippen LogP contribution in [0, 0.1) is 0 Å². The lowest BCUT2D eigenvalue weighted by atomic mass is 10.1. The molecule has 0 bridgehead atoms. The number of hydrogen-bond acceptors (Lipinski definition) is 3. The molecule has 4 heteroatoms. The van der Waals surface area contributed by atoms with E-state index in [0.29, 0.717) is 18.0 Å². The van der Waals surface area contributed by atoms with Crippen molar-refractivity contribution in [1.82, 2.24) is 4.90 Å². The van der Waals surface area contributed by atoms with Gasteiger partial charge in [-0.2, -0.15) is 0 Å². The van der Waals surface area contributed by atoms with Gasteiger partial charge in [-0.3, -0.25) is 4.99 Å². The van der Waals surface area contributed by atoms with Gasteiger partial charge in [-0.25, -0.2) is 4.79 Å². The lowest BCUT2D eigenvalue weighted by Crippen LogP contribution is -2.28. The molecule has 0 aromatic carbocycles. The third-order valence-corrected chi connectivity index (χ3v) is 2.03. The molecule has 0 unspecified atom stereocenters. The van der Waals surface area contributed by atoms with Crippen molar-refractivity contribution in [1.29, 1.82) is 0 Å². The summed E-state index contributed by atoms with van der Waals surface area (Å²) >= 11 is 0. The van der Waals surface area contributed by atoms with Crippen LogP contribution in [0.15, 0.2) is 16.3 Å². The minimum Gasteiger partial charge on any atom is -0.478 e. The van der Waals surface area contributed by atoms with Crippen molar-refractivity contribution in [3.63, 3.8) is 0 Å². The largest absolute Gasteiger partial charge is 0.478 e. The highest BCUT2D eigenvalue weighted by Crippen LogP contribution is 2.15. The second-order valence-electron chi connectivity index (χ2n) is 2.85. The van der Waals surface area contributed by atoms with E-state index in [2.05, 4.69) is 4.99 Å². The summed E-state index contributed by atoms with van der Waals surface area (Å²) in [4.78, 5) is 16.6. The van der Waals surface area contributed by atoms with E-state index >= 15 is 0 Å². The minimum atomic E-state index is -0.903. The molecule has 66 valence electrons. The number of hydrogen-bond donors (Lipinski definition) is 1. The molecule has 12 heavy (non-hydrogen) atoms. The van der Waals surface area contributed by atoms with Crippen LogP contribution in [0.1, 0.15) is 13.8 Å². The van der Waals surface area contributed by atoms with Gasteiger partial charge in [-0.1, -0.05) is 0 Å². The van der Waals surface area contributed by atoms with Crippen molar-refractivity contribution in [2.45, 2.75) is 13.8 Å². The Morgan fingerprint density at radius 2 is 2.17 bits per heavy atom. The van der Waals surface area contributed by atoms with Crippen molar-refractivity contribution < 1.29 is 9.90 Å². The Bertz CT molecular complexity index is 279. The first-order chi connectivity index (χ1) is 5.54. The molecule has 0 aromatic rings. The number of carbonyl (C=O) groups is 1. The molecule has 0 aliphatic carbocycles. The highest BCUT2D eigenvalue weighted by Gasteiger charge is 2.20. The maximum atomic E-state index is 10.8. The number of aliphatic carboxylic acids is 1. The number of allylic oxidation sites excluding steroid dienone is 1. The van der Waals surface area contributed by atoms with Crippen LogP contribution >= 0.6 is 0 Å². The third kappa shape index (κ3) is 1.32. The van der Waals surface area contributed by atoms with Crippen molar-refractivity contribution in [3.8, 4) is 0 Å². The van der Waals surface area contributed by atoms with Gasteiger partial charge in [0.2, 0.25) is 0 Å². The summed E-state index contributed by atoms with van der Waals surface area (Å²) < 4.78 is 0. The molecular weight excluding hydrogens is 156 g/mol. The van der Waals surface area contributed by atoms with Gasteiger partial charge in [0, 0.05) is 12.7 Å². The standard InChI is InChI=1S/C8H12N2O2/c1-5-7(8(11)12)6(2)10(3)4-9-5/h4H2,1-3H3,(H,11,12). The maximum Gasteiger partial charge on any atom is 0.339 e. The van der Waals surface area contributed by atoms with Gasteiger partial charge in [0.15, 0.2) is 0 Å². The van der Waals surface area contributed by atoms with E-state index in [4.69, 9.17) is 5.11 Å². The van der Waals surface area contributed by atoms with Gasteiger partial charge >= 0.3 is 5.97 Å². The van der Waals surface area contributed by atoms with E-state index in [-0.39, 0.29) is 0 Å². The van der Waals surface area contributed by atoms with Crippen LogP contribution < -0.4 is 0 Å². The van der Waals surface area contributed by atoms with Crippen LogP contribution in [0.25, 0.3) is 0 Å². The van der Waals surface area contributed by atoms with Gasteiger partial charge in [0.05, 0.1) is 11.3 Å². The second kappa shape index (κ2) is 2.97.